The third-order valence-corrected chi connectivity index (χ3v) is 2.94. The summed E-state index contributed by atoms with van der Waals surface area (Å²) in [5.41, 5.74) is 1.40. The van der Waals surface area contributed by atoms with Crippen LogP contribution in [0.3, 0.4) is 0 Å². The van der Waals surface area contributed by atoms with Gasteiger partial charge in [0.25, 0.3) is 5.91 Å². The van der Waals surface area contributed by atoms with Gasteiger partial charge in [0, 0.05) is 11.8 Å². The molecule has 0 aliphatic heterocycles. The summed E-state index contributed by atoms with van der Waals surface area (Å²) in [7, 11) is 0. The number of carbonyl (C=O) groups is 2. The van der Waals surface area contributed by atoms with Crippen molar-refractivity contribution in [2.75, 3.05) is 0 Å². The Morgan fingerprint density at radius 1 is 1.29 bits per heavy atom. The first-order valence-electron chi connectivity index (χ1n) is 6.20. The van der Waals surface area contributed by atoms with Gasteiger partial charge in [0.1, 0.15) is 5.82 Å². The zero-order chi connectivity index (χ0) is 15.4. The molecule has 2 rings (SSSR count). The second-order valence-electron chi connectivity index (χ2n) is 4.48. The summed E-state index contributed by atoms with van der Waals surface area (Å²) in [5, 5.41) is 11.5. The highest BCUT2D eigenvalue weighted by molar-refractivity contribution is 5.95. The molecule has 21 heavy (non-hydrogen) atoms. The summed E-state index contributed by atoms with van der Waals surface area (Å²) in [6.45, 7) is 1.77. The number of hydrogen-bond donors (Lipinski definition) is 2. The van der Waals surface area contributed by atoms with E-state index in [1.165, 1.54) is 30.5 Å². The van der Waals surface area contributed by atoms with Crippen molar-refractivity contribution in [2.24, 2.45) is 0 Å². The maximum Gasteiger partial charge on any atom is 0.335 e. The Morgan fingerprint density at radius 3 is 2.76 bits per heavy atom. The van der Waals surface area contributed by atoms with Crippen LogP contribution < -0.4 is 5.32 Å². The number of aromatic nitrogens is 1. The number of aromatic carboxylic acids is 1. The molecule has 2 aromatic rings. The molecule has 2 N–H and O–H groups in total. The molecule has 0 unspecified atom stereocenters. The van der Waals surface area contributed by atoms with Gasteiger partial charge in [0.2, 0.25) is 0 Å². The molecule has 0 spiro atoms. The molecule has 0 saturated heterocycles. The summed E-state index contributed by atoms with van der Waals surface area (Å²) in [4.78, 5) is 26.8. The molecule has 0 saturated carbocycles. The van der Waals surface area contributed by atoms with E-state index in [0.717, 1.165) is 6.07 Å². The van der Waals surface area contributed by atoms with Crippen LogP contribution >= 0.6 is 0 Å². The van der Waals surface area contributed by atoms with E-state index in [1.807, 2.05) is 0 Å². The third kappa shape index (κ3) is 3.62. The van der Waals surface area contributed by atoms with Gasteiger partial charge in [-0.05, 0) is 36.8 Å². The van der Waals surface area contributed by atoms with E-state index in [-0.39, 0.29) is 17.7 Å². The molecule has 1 heterocycles. The summed E-state index contributed by atoms with van der Waals surface area (Å²) in [6, 6.07) is 6.70. The molecule has 1 aromatic carbocycles. The van der Waals surface area contributed by atoms with Crippen molar-refractivity contribution in [1.82, 2.24) is 10.3 Å². The van der Waals surface area contributed by atoms with E-state index >= 15 is 0 Å². The van der Waals surface area contributed by atoms with Gasteiger partial charge in [-0.15, -0.1) is 0 Å². The van der Waals surface area contributed by atoms with E-state index < -0.39 is 17.7 Å². The van der Waals surface area contributed by atoms with Crippen LogP contribution in [0.1, 0.15) is 32.0 Å². The molecule has 0 atom stereocenters. The van der Waals surface area contributed by atoms with Crippen LogP contribution in [0.5, 0.6) is 0 Å². The van der Waals surface area contributed by atoms with E-state index in [2.05, 4.69) is 10.3 Å². The predicted molar refractivity (Wildman–Crippen MR) is 73.5 cm³/mol. The fourth-order valence-electron chi connectivity index (χ4n) is 1.81. The molecule has 0 aliphatic carbocycles. The number of pyridine rings is 1. The third-order valence-electron chi connectivity index (χ3n) is 2.94. The van der Waals surface area contributed by atoms with Gasteiger partial charge in [-0.2, -0.15) is 0 Å². The molecule has 5 nitrogen and oxygen atoms in total. The van der Waals surface area contributed by atoms with Gasteiger partial charge >= 0.3 is 5.97 Å². The lowest BCUT2D eigenvalue weighted by Gasteiger charge is -2.08. The Bertz CT molecular complexity index is 701. The second-order valence-corrected chi connectivity index (χ2v) is 4.48. The first-order chi connectivity index (χ1) is 9.97. The average molecular weight is 288 g/mol. The Kier molecular flexibility index (Phi) is 4.27. The van der Waals surface area contributed by atoms with E-state index in [1.54, 1.807) is 6.92 Å². The number of nitrogens with one attached hydrogen (secondary N) is 1. The number of nitrogens with zero attached hydrogens (tertiary/aromatic N) is 1. The fourth-order valence-corrected chi connectivity index (χ4v) is 1.81. The molecule has 0 bridgehead atoms. The van der Waals surface area contributed by atoms with Crippen LogP contribution in [0.15, 0.2) is 36.5 Å². The molecule has 6 heteroatoms. The molecule has 0 fully saturated rings. The first-order valence-corrected chi connectivity index (χ1v) is 6.20. The minimum absolute atomic E-state index is 0.0654. The van der Waals surface area contributed by atoms with Crippen molar-refractivity contribution in [3.8, 4) is 0 Å². The largest absolute Gasteiger partial charge is 0.478 e. The summed E-state index contributed by atoms with van der Waals surface area (Å²) < 4.78 is 13.2. The van der Waals surface area contributed by atoms with Gasteiger partial charge < -0.3 is 10.4 Å². The molecular weight excluding hydrogens is 275 g/mol. The number of halogens is 1. The van der Waals surface area contributed by atoms with Crippen molar-refractivity contribution >= 4 is 11.9 Å². The van der Waals surface area contributed by atoms with Crippen LogP contribution in [0.2, 0.25) is 0 Å². The van der Waals surface area contributed by atoms with Crippen molar-refractivity contribution in [3.63, 3.8) is 0 Å². The smallest absolute Gasteiger partial charge is 0.335 e. The zero-order valence-electron chi connectivity index (χ0n) is 11.3. The van der Waals surface area contributed by atoms with E-state index in [0.29, 0.717) is 11.3 Å². The Balaban J connectivity index is 2.09. The fraction of sp³-hybridized carbons (Fsp3) is 0.133. The Morgan fingerprint density at radius 2 is 2.05 bits per heavy atom. The topological polar surface area (TPSA) is 79.3 Å². The average Bonchev–Trinajstić information content (AvgIpc) is 2.47. The molecular formula is C15H13FN2O3. The number of hydrogen-bond acceptors (Lipinski definition) is 3. The van der Waals surface area contributed by atoms with Gasteiger partial charge in [0.15, 0.2) is 0 Å². The van der Waals surface area contributed by atoms with Gasteiger partial charge in [-0.1, -0.05) is 6.07 Å². The zero-order valence-corrected chi connectivity index (χ0v) is 11.3. The number of carbonyl (C=O) groups excluding carboxylic acids is 1. The van der Waals surface area contributed by atoms with Gasteiger partial charge in [-0.3, -0.25) is 9.78 Å². The lowest BCUT2D eigenvalue weighted by Crippen LogP contribution is -2.24. The minimum atomic E-state index is -1.06. The first kappa shape index (κ1) is 14.6. The molecule has 0 aliphatic rings. The van der Waals surface area contributed by atoms with Gasteiger partial charge in [-0.25, -0.2) is 9.18 Å². The maximum atomic E-state index is 13.2. The highest BCUT2D eigenvalue weighted by Gasteiger charge is 2.11. The van der Waals surface area contributed by atoms with Crippen LogP contribution in [0, 0.1) is 12.7 Å². The summed E-state index contributed by atoms with van der Waals surface area (Å²) >= 11 is 0. The lowest BCUT2D eigenvalue weighted by atomic mass is 10.1. The van der Waals surface area contributed by atoms with E-state index in [4.69, 9.17) is 5.11 Å². The monoisotopic (exact) mass is 288 g/mol. The number of carboxylic acid groups (broad SMARTS) is 1. The normalized spacial score (nSPS) is 10.2. The van der Waals surface area contributed by atoms with Crippen LogP contribution in [0.25, 0.3) is 0 Å². The number of carboxylic acids is 1. The number of amides is 1. The van der Waals surface area contributed by atoms with Crippen molar-refractivity contribution < 1.29 is 19.1 Å². The van der Waals surface area contributed by atoms with Crippen LogP contribution in [-0.4, -0.2) is 22.0 Å². The SMILES string of the molecule is Cc1ccc(F)cc1C(=O)NCc1cc(C(=O)O)ccn1. The number of rotatable bonds is 4. The number of benzene rings is 1. The highest BCUT2D eigenvalue weighted by atomic mass is 19.1. The minimum Gasteiger partial charge on any atom is -0.478 e. The van der Waals surface area contributed by atoms with Crippen LogP contribution in [-0.2, 0) is 6.54 Å². The summed E-state index contributed by atoms with van der Waals surface area (Å²) in [6.07, 6.45) is 1.36. The standard InChI is InChI=1S/C15H13FN2O3/c1-9-2-3-11(16)7-13(9)14(19)18-8-12-6-10(15(20)21)4-5-17-12/h2-7H,8H2,1H3,(H,18,19)(H,20,21). The van der Waals surface area contributed by atoms with Crippen molar-refractivity contribution in [2.45, 2.75) is 13.5 Å². The summed E-state index contributed by atoms with van der Waals surface area (Å²) in [5.74, 6) is -1.99. The molecule has 1 aromatic heterocycles. The quantitative estimate of drug-likeness (QED) is 0.903. The Hall–Kier alpha value is -2.76. The van der Waals surface area contributed by atoms with Crippen LogP contribution in [0.4, 0.5) is 4.39 Å². The second kappa shape index (κ2) is 6.13. The van der Waals surface area contributed by atoms with Crippen molar-refractivity contribution in [3.05, 3.63) is 64.7 Å². The van der Waals surface area contributed by atoms with E-state index in [9.17, 15) is 14.0 Å². The molecule has 0 radical (unpaired) electrons. The Labute approximate surface area is 120 Å². The molecule has 1 amide bonds. The highest BCUT2D eigenvalue weighted by Crippen LogP contribution is 2.10. The van der Waals surface area contributed by atoms with Gasteiger partial charge in [0.05, 0.1) is 17.8 Å². The van der Waals surface area contributed by atoms with Crippen molar-refractivity contribution in [1.29, 1.82) is 0 Å². The number of aryl methyl sites for hydroxylation is 1. The lowest BCUT2D eigenvalue weighted by molar-refractivity contribution is 0.0696. The maximum absolute atomic E-state index is 13.2. The predicted octanol–water partition coefficient (Wildman–Crippen LogP) is 2.16. The molecule has 108 valence electrons.